The van der Waals surface area contributed by atoms with E-state index in [2.05, 4.69) is 0 Å². The zero-order valence-corrected chi connectivity index (χ0v) is 10.3. The maximum atomic E-state index is 12.7. The Labute approximate surface area is 108 Å². The van der Waals surface area contributed by atoms with Gasteiger partial charge < -0.3 is 4.74 Å². The van der Waals surface area contributed by atoms with Gasteiger partial charge in [-0.25, -0.2) is 13.6 Å². The topological polar surface area (TPSA) is 50.1 Å². The number of hydrogen-bond acceptors (Lipinski definition) is 3. The highest BCUT2D eigenvalue weighted by Crippen LogP contribution is 2.27. The lowest BCUT2D eigenvalue weighted by molar-refractivity contribution is 0.0525. The Hall–Kier alpha value is -1.67. The van der Waals surface area contributed by atoms with Crippen molar-refractivity contribution in [3.8, 4) is 6.07 Å². The highest BCUT2D eigenvalue weighted by molar-refractivity contribution is 6.17. The van der Waals surface area contributed by atoms with Crippen molar-refractivity contribution in [3.63, 3.8) is 0 Å². The largest absolute Gasteiger partial charge is 0.462 e. The molecule has 0 saturated carbocycles. The van der Waals surface area contributed by atoms with E-state index in [0.717, 1.165) is 6.07 Å². The van der Waals surface area contributed by atoms with Gasteiger partial charge in [0.15, 0.2) is 0 Å². The Balaban J connectivity index is 3.37. The number of nitrogens with zero attached hydrogens (tertiary/aromatic N) is 1. The molecule has 0 radical (unpaired) electrons. The number of carbonyl (C=O) groups is 1. The molecule has 0 aliphatic heterocycles. The summed E-state index contributed by atoms with van der Waals surface area (Å²) in [4.78, 5) is 11.6. The number of rotatable bonds is 4. The van der Waals surface area contributed by atoms with Crippen molar-refractivity contribution in [2.75, 3.05) is 6.61 Å². The summed E-state index contributed by atoms with van der Waals surface area (Å²) < 4.78 is 30.2. The Morgan fingerprint density at radius 1 is 1.56 bits per heavy atom. The molecule has 0 N–H and O–H groups in total. The van der Waals surface area contributed by atoms with Crippen molar-refractivity contribution >= 4 is 17.6 Å². The van der Waals surface area contributed by atoms with Gasteiger partial charge in [0.1, 0.15) is 0 Å². The van der Waals surface area contributed by atoms with E-state index in [9.17, 15) is 13.6 Å². The number of benzene rings is 1. The summed E-state index contributed by atoms with van der Waals surface area (Å²) >= 11 is 5.63. The first-order chi connectivity index (χ1) is 8.54. The summed E-state index contributed by atoms with van der Waals surface area (Å²) in [7, 11) is 0. The maximum Gasteiger partial charge on any atom is 0.338 e. The van der Waals surface area contributed by atoms with Gasteiger partial charge in [-0.05, 0) is 24.6 Å². The van der Waals surface area contributed by atoms with Crippen LogP contribution in [0, 0.1) is 11.3 Å². The van der Waals surface area contributed by atoms with E-state index in [1.807, 2.05) is 0 Å². The fraction of sp³-hybridized carbons (Fsp3) is 0.333. The van der Waals surface area contributed by atoms with Crippen molar-refractivity contribution in [2.24, 2.45) is 0 Å². The normalized spacial score (nSPS) is 10.2. The van der Waals surface area contributed by atoms with Crippen LogP contribution in [0.1, 0.15) is 40.4 Å². The zero-order chi connectivity index (χ0) is 13.7. The van der Waals surface area contributed by atoms with Gasteiger partial charge in [0.05, 0.1) is 23.8 Å². The molecule has 1 rings (SSSR count). The maximum absolute atomic E-state index is 12.7. The second-order valence-electron chi connectivity index (χ2n) is 3.36. The fourth-order valence-electron chi connectivity index (χ4n) is 1.45. The average molecular weight is 274 g/mol. The Morgan fingerprint density at radius 3 is 2.67 bits per heavy atom. The molecule has 0 unspecified atom stereocenters. The van der Waals surface area contributed by atoms with Crippen LogP contribution in [-0.4, -0.2) is 12.6 Å². The minimum Gasteiger partial charge on any atom is -0.462 e. The van der Waals surface area contributed by atoms with Gasteiger partial charge in [-0.2, -0.15) is 5.26 Å². The van der Waals surface area contributed by atoms with Crippen LogP contribution in [0.3, 0.4) is 0 Å². The molecule has 0 heterocycles. The van der Waals surface area contributed by atoms with E-state index in [1.54, 1.807) is 13.0 Å². The van der Waals surface area contributed by atoms with E-state index >= 15 is 0 Å². The minimum atomic E-state index is -2.84. The van der Waals surface area contributed by atoms with Crippen LogP contribution in [-0.2, 0) is 10.6 Å². The lowest BCUT2D eigenvalue weighted by atomic mass is 10.00. The van der Waals surface area contributed by atoms with Crippen molar-refractivity contribution in [2.45, 2.75) is 19.2 Å². The van der Waals surface area contributed by atoms with Crippen LogP contribution < -0.4 is 0 Å². The van der Waals surface area contributed by atoms with E-state index in [0.29, 0.717) is 5.56 Å². The summed E-state index contributed by atoms with van der Waals surface area (Å²) in [5.74, 6) is -0.786. The van der Waals surface area contributed by atoms with Gasteiger partial charge in [-0.15, -0.1) is 11.6 Å². The molecule has 0 aromatic heterocycles. The van der Waals surface area contributed by atoms with Crippen LogP contribution in [0.4, 0.5) is 8.78 Å². The monoisotopic (exact) mass is 273 g/mol. The SMILES string of the molecule is CCOC(=O)c1cc(C(F)F)c(C#N)cc1CCl. The molecule has 0 fully saturated rings. The molecule has 6 heteroatoms. The molecule has 0 amide bonds. The van der Waals surface area contributed by atoms with Crippen LogP contribution in [0.15, 0.2) is 12.1 Å². The molecule has 3 nitrogen and oxygen atoms in total. The minimum absolute atomic E-state index is 0.0267. The second-order valence-corrected chi connectivity index (χ2v) is 3.63. The number of ether oxygens (including phenoxy) is 1. The molecule has 0 bridgehead atoms. The van der Waals surface area contributed by atoms with Crippen LogP contribution in [0.5, 0.6) is 0 Å². The van der Waals surface area contributed by atoms with Crippen molar-refractivity contribution < 1.29 is 18.3 Å². The highest BCUT2D eigenvalue weighted by Gasteiger charge is 2.20. The average Bonchev–Trinajstić information content (AvgIpc) is 2.37. The van der Waals surface area contributed by atoms with Gasteiger partial charge in [0, 0.05) is 11.4 Å². The summed E-state index contributed by atoms with van der Waals surface area (Å²) in [6, 6.07) is 3.83. The lowest BCUT2D eigenvalue weighted by Crippen LogP contribution is -2.09. The Bertz CT molecular complexity index is 498. The lowest BCUT2D eigenvalue weighted by Gasteiger charge is -2.10. The zero-order valence-electron chi connectivity index (χ0n) is 9.54. The molecule has 0 saturated heterocycles. The highest BCUT2D eigenvalue weighted by atomic mass is 35.5. The molecule has 1 aromatic carbocycles. The van der Waals surface area contributed by atoms with Gasteiger partial charge in [-0.3, -0.25) is 0 Å². The van der Waals surface area contributed by atoms with Crippen molar-refractivity contribution in [3.05, 3.63) is 34.4 Å². The van der Waals surface area contributed by atoms with E-state index in [1.165, 1.54) is 6.07 Å². The van der Waals surface area contributed by atoms with Gasteiger partial charge in [-0.1, -0.05) is 0 Å². The van der Waals surface area contributed by atoms with E-state index in [-0.39, 0.29) is 23.6 Å². The standard InChI is InChI=1S/C12H10ClF2NO2/c1-2-18-12(17)10-4-9(11(14)15)8(6-16)3-7(10)5-13/h3-4,11H,2,5H2,1H3. The first kappa shape index (κ1) is 14.4. The predicted molar refractivity (Wildman–Crippen MR) is 61.6 cm³/mol. The number of alkyl halides is 3. The first-order valence-corrected chi connectivity index (χ1v) is 5.66. The molecule has 0 aliphatic carbocycles. The quantitative estimate of drug-likeness (QED) is 0.624. The fourth-order valence-corrected chi connectivity index (χ4v) is 1.67. The smallest absolute Gasteiger partial charge is 0.338 e. The van der Waals surface area contributed by atoms with Crippen molar-refractivity contribution in [1.29, 1.82) is 5.26 Å². The van der Waals surface area contributed by atoms with E-state index in [4.69, 9.17) is 21.6 Å². The third kappa shape index (κ3) is 2.96. The molecule has 0 spiro atoms. The summed E-state index contributed by atoms with van der Waals surface area (Å²) in [6.45, 7) is 1.74. The number of halogens is 3. The third-order valence-corrected chi connectivity index (χ3v) is 2.56. The van der Waals surface area contributed by atoms with Crippen LogP contribution >= 0.6 is 11.6 Å². The molecule has 0 atom stereocenters. The molecular formula is C12H10ClF2NO2. The summed E-state index contributed by atoms with van der Waals surface area (Å²) in [5, 5.41) is 8.78. The number of nitriles is 1. The molecular weight excluding hydrogens is 264 g/mol. The van der Waals surface area contributed by atoms with Gasteiger partial charge >= 0.3 is 5.97 Å². The molecule has 0 aliphatic rings. The molecule has 96 valence electrons. The van der Waals surface area contributed by atoms with Crippen LogP contribution in [0.25, 0.3) is 0 Å². The van der Waals surface area contributed by atoms with E-state index < -0.39 is 18.0 Å². The molecule has 18 heavy (non-hydrogen) atoms. The van der Waals surface area contributed by atoms with Crippen molar-refractivity contribution in [1.82, 2.24) is 0 Å². The van der Waals surface area contributed by atoms with Gasteiger partial charge in [0.2, 0.25) is 0 Å². The molecule has 1 aromatic rings. The Kier molecular flexibility index (Phi) is 5.05. The second kappa shape index (κ2) is 6.31. The first-order valence-electron chi connectivity index (χ1n) is 5.13. The number of hydrogen-bond donors (Lipinski definition) is 0. The summed E-state index contributed by atoms with van der Waals surface area (Å²) in [6.07, 6.45) is -2.84. The van der Waals surface area contributed by atoms with Gasteiger partial charge in [0.25, 0.3) is 6.43 Å². The Morgan fingerprint density at radius 2 is 2.22 bits per heavy atom. The third-order valence-electron chi connectivity index (χ3n) is 2.27. The predicted octanol–water partition coefficient (Wildman–Crippen LogP) is 3.41. The van der Waals surface area contributed by atoms with Crippen LogP contribution in [0.2, 0.25) is 0 Å². The summed E-state index contributed by atoms with van der Waals surface area (Å²) in [5.41, 5.74) is -0.402. The number of esters is 1. The number of carbonyl (C=O) groups excluding carboxylic acids is 1.